The van der Waals surface area contributed by atoms with E-state index in [2.05, 4.69) is 5.32 Å². The summed E-state index contributed by atoms with van der Waals surface area (Å²) in [6.07, 6.45) is -0.0547. The summed E-state index contributed by atoms with van der Waals surface area (Å²) in [6, 6.07) is 5.11. The molecular formula is C19H25N3O9. The van der Waals surface area contributed by atoms with E-state index in [1.165, 1.54) is 6.92 Å². The molecule has 5 N–H and O–H groups in total. The highest BCUT2D eigenvalue weighted by Crippen LogP contribution is 2.14. The normalized spacial score (nSPS) is 11.8. The third-order valence-electron chi connectivity index (χ3n) is 4.19. The van der Waals surface area contributed by atoms with Crippen LogP contribution in [0, 0.1) is 0 Å². The number of carboxylic acid groups (broad SMARTS) is 4. The molecule has 0 aliphatic rings. The van der Waals surface area contributed by atoms with Crippen LogP contribution in [0.25, 0.3) is 0 Å². The Balaban J connectivity index is 2.98. The molecule has 0 aromatic heterocycles. The van der Waals surface area contributed by atoms with E-state index in [9.17, 15) is 34.2 Å². The van der Waals surface area contributed by atoms with E-state index in [1.807, 2.05) is 0 Å². The fourth-order valence-corrected chi connectivity index (χ4v) is 2.91. The molecule has 0 heterocycles. The minimum absolute atomic E-state index is 0.0547. The van der Waals surface area contributed by atoms with Crippen molar-refractivity contribution >= 4 is 35.5 Å². The third kappa shape index (κ3) is 10.2. The molecule has 1 atom stereocenters. The molecule has 1 rings (SSSR count). The molecule has 12 heteroatoms. The minimum Gasteiger partial charge on any atom is -0.480 e. The van der Waals surface area contributed by atoms with E-state index in [1.54, 1.807) is 24.3 Å². The first-order chi connectivity index (χ1) is 14.5. The molecule has 1 aromatic rings. The van der Waals surface area contributed by atoms with Gasteiger partial charge in [-0.25, -0.2) is 0 Å². The van der Waals surface area contributed by atoms with Gasteiger partial charge >= 0.3 is 23.9 Å². The van der Waals surface area contributed by atoms with Gasteiger partial charge in [0.05, 0.1) is 19.6 Å². The second-order valence-corrected chi connectivity index (χ2v) is 6.80. The Kier molecular flexibility index (Phi) is 10.1. The van der Waals surface area contributed by atoms with Gasteiger partial charge < -0.3 is 25.7 Å². The quantitative estimate of drug-likeness (QED) is 0.252. The van der Waals surface area contributed by atoms with Gasteiger partial charge in [0.15, 0.2) is 0 Å². The second kappa shape index (κ2) is 12.2. The number of carbonyl (C=O) groups is 5. The van der Waals surface area contributed by atoms with Crippen LogP contribution in [0.5, 0.6) is 0 Å². The van der Waals surface area contributed by atoms with E-state index in [4.69, 9.17) is 10.2 Å². The summed E-state index contributed by atoms with van der Waals surface area (Å²) in [6.45, 7) is -0.791. The van der Waals surface area contributed by atoms with Crippen LogP contribution in [0.3, 0.4) is 0 Å². The van der Waals surface area contributed by atoms with E-state index < -0.39 is 49.6 Å². The average molecular weight is 439 g/mol. The zero-order chi connectivity index (χ0) is 23.6. The number of benzene rings is 1. The van der Waals surface area contributed by atoms with Gasteiger partial charge in [-0.15, -0.1) is 0 Å². The van der Waals surface area contributed by atoms with Crippen molar-refractivity contribution in [2.24, 2.45) is 0 Å². The number of aliphatic carboxylic acids is 4. The molecule has 0 fully saturated rings. The Labute approximate surface area is 177 Å². The van der Waals surface area contributed by atoms with Gasteiger partial charge in [-0.2, -0.15) is 0 Å². The molecule has 0 aliphatic carbocycles. The van der Waals surface area contributed by atoms with Gasteiger partial charge in [0.2, 0.25) is 5.91 Å². The van der Waals surface area contributed by atoms with E-state index >= 15 is 0 Å². The Hall–Kier alpha value is -3.51. The van der Waals surface area contributed by atoms with E-state index in [0.717, 1.165) is 9.80 Å². The van der Waals surface area contributed by atoms with E-state index in [0.29, 0.717) is 11.3 Å². The maximum Gasteiger partial charge on any atom is 0.321 e. The number of hydrogen-bond acceptors (Lipinski definition) is 7. The number of nitrogens with one attached hydrogen (secondary N) is 1. The maximum atomic E-state index is 11.8. The number of rotatable bonds is 14. The SMILES string of the molecule is CC(=O)Nc1ccc(CC(C(=O)O)N(CCN(CC(=O)O)CC(=O)O)CC(=O)O)cc1. The molecule has 170 valence electrons. The van der Waals surface area contributed by atoms with Crippen molar-refractivity contribution in [2.75, 3.05) is 38.0 Å². The van der Waals surface area contributed by atoms with Crippen molar-refractivity contribution in [3.05, 3.63) is 29.8 Å². The summed E-state index contributed by atoms with van der Waals surface area (Å²) in [5.74, 6) is -5.36. The fraction of sp³-hybridized carbons (Fsp3) is 0.421. The van der Waals surface area contributed by atoms with E-state index in [-0.39, 0.29) is 25.4 Å². The highest BCUT2D eigenvalue weighted by atomic mass is 16.4. The molecule has 0 radical (unpaired) electrons. The molecule has 1 unspecified atom stereocenters. The predicted octanol–water partition coefficient (Wildman–Crippen LogP) is -0.501. The first-order valence-corrected chi connectivity index (χ1v) is 9.19. The lowest BCUT2D eigenvalue weighted by Gasteiger charge is -2.29. The van der Waals surface area contributed by atoms with Crippen LogP contribution < -0.4 is 5.32 Å². The number of carbonyl (C=O) groups excluding carboxylic acids is 1. The molecule has 0 spiro atoms. The van der Waals surface area contributed by atoms with Gasteiger partial charge in [0.25, 0.3) is 0 Å². The van der Waals surface area contributed by atoms with Crippen LogP contribution in [0.15, 0.2) is 24.3 Å². The average Bonchev–Trinajstić information content (AvgIpc) is 2.62. The van der Waals surface area contributed by atoms with Gasteiger partial charge in [0.1, 0.15) is 6.04 Å². The summed E-state index contributed by atoms with van der Waals surface area (Å²) in [5, 5.41) is 39.2. The van der Waals surface area contributed by atoms with Crippen LogP contribution >= 0.6 is 0 Å². The topological polar surface area (TPSA) is 185 Å². The van der Waals surface area contributed by atoms with Crippen molar-refractivity contribution < 1.29 is 44.4 Å². The molecule has 0 saturated carbocycles. The number of hydrogen-bond donors (Lipinski definition) is 5. The maximum absolute atomic E-state index is 11.8. The molecule has 12 nitrogen and oxygen atoms in total. The van der Waals surface area contributed by atoms with Gasteiger partial charge in [0, 0.05) is 25.7 Å². The molecule has 0 bridgehead atoms. The first-order valence-electron chi connectivity index (χ1n) is 9.19. The lowest BCUT2D eigenvalue weighted by atomic mass is 10.0. The molecular weight excluding hydrogens is 414 g/mol. The third-order valence-corrected chi connectivity index (χ3v) is 4.19. The Morgan fingerprint density at radius 1 is 0.839 bits per heavy atom. The smallest absolute Gasteiger partial charge is 0.321 e. The summed E-state index contributed by atoms with van der Waals surface area (Å²) in [5.41, 5.74) is 1.09. The summed E-state index contributed by atoms with van der Waals surface area (Å²) >= 11 is 0. The molecule has 1 aromatic carbocycles. The van der Waals surface area contributed by atoms with Gasteiger partial charge in [-0.05, 0) is 24.1 Å². The monoisotopic (exact) mass is 439 g/mol. The zero-order valence-corrected chi connectivity index (χ0v) is 16.9. The van der Waals surface area contributed by atoms with Crippen LogP contribution in [0.2, 0.25) is 0 Å². The van der Waals surface area contributed by atoms with Crippen molar-refractivity contribution in [3.63, 3.8) is 0 Å². The predicted molar refractivity (Wildman–Crippen MR) is 107 cm³/mol. The standard InChI is InChI=1S/C19H25N3O9/c1-12(23)20-14-4-2-13(3-5-14)8-15(19(30)31)22(11-18(28)29)7-6-21(9-16(24)25)10-17(26)27/h2-5,15H,6-11H2,1H3,(H,20,23)(H,24,25)(H,26,27)(H,28,29)(H,30,31). The van der Waals surface area contributed by atoms with Crippen molar-refractivity contribution in [1.82, 2.24) is 9.80 Å². The number of nitrogens with zero attached hydrogens (tertiary/aromatic N) is 2. The lowest BCUT2D eigenvalue weighted by Crippen LogP contribution is -2.49. The van der Waals surface area contributed by atoms with Gasteiger partial charge in [-0.1, -0.05) is 12.1 Å². The largest absolute Gasteiger partial charge is 0.480 e. The highest BCUT2D eigenvalue weighted by Gasteiger charge is 2.28. The second-order valence-electron chi connectivity index (χ2n) is 6.80. The fourth-order valence-electron chi connectivity index (χ4n) is 2.91. The molecule has 1 amide bonds. The number of amides is 1. The summed E-state index contributed by atoms with van der Waals surface area (Å²) in [7, 11) is 0. The van der Waals surface area contributed by atoms with Crippen LogP contribution in [-0.4, -0.2) is 98.8 Å². The number of anilines is 1. The Morgan fingerprint density at radius 3 is 1.77 bits per heavy atom. The lowest BCUT2D eigenvalue weighted by molar-refractivity contribution is -0.148. The van der Waals surface area contributed by atoms with Gasteiger partial charge in [-0.3, -0.25) is 33.8 Å². The zero-order valence-electron chi connectivity index (χ0n) is 16.9. The number of carboxylic acids is 4. The summed E-state index contributed by atoms with van der Waals surface area (Å²) < 4.78 is 0. The van der Waals surface area contributed by atoms with Crippen molar-refractivity contribution in [3.8, 4) is 0 Å². The first kappa shape index (κ1) is 25.5. The highest BCUT2D eigenvalue weighted by molar-refractivity contribution is 5.88. The van der Waals surface area contributed by atoms with Crippen molar-refractivity contribution in [2.45, 2.75) is 19.4 Å². The Bertz CT molecular complexity index is 794. The van der Waals surface area contributed by atoms with Crippen LogP contribution in [0.4, 0.5) is 5.69 Å². The molecule has 31 heavy (non-hydrogen) atoms. The van der Waals surface area contributed by atoms with Crippen molar-refractivity contribution in [1.29, 1.82) is 0 Å². The van der Waals surface area contributed by atoms with Crippen LogP contribution in [0.1, 0.15) is 12.5 Å². The molecule has 0 aliphatic heterocycles. The van der Waals surface area contributed by atoms with Crippen LogP contribution in [-0.2, 0) is 30.4 Å². The molecule has 0 saturated heterocycles. The minimum atomic E-state index is -1.28. The summed E-state index contributed by atoms with van der Waals surface area (Å²) in [4.78, 5) is 58.3. The Morgan fingerprint density at radius 2 is 1.35 bits per heavy atom.